The van der Waals surface area contributed by atoms with Gasteiger partial charge in [-0.15, -0.1) is 0 Å². The molecule has 0 aromatic heterocycles. The summed E-state index contributed by atoms with van der Waals surface area (Å²) in [5.74, 6) is 0.0435. The van der Waals surface area contributed by atoms with E-state index in [1.54, 1.807) is 0 Å². The summed E-state index contributed by atoms with van der Waals surface area (Å²) in [4.78, 5) is 17.0. The Balaban J connectivity index is 1.53. The van der Waals surface area contributed by atoms with E-state index < -0.39 is 0 Å². The van der Waals surface area contributed by atoms with Crippen molar-refractivity contribution >= 4 is 23.0 Å². The van der Waals surface area contributed by atoms with Crippen LogP contribution in [-0.2, 0) is 9.53 Å². The van der Waals surface area contributed by atoms with Gasteiger partial charge in [-0.3, -0.25) is 4.79 Å². The minimum atomic E-state index is 0.0435. The third-order valence-electron chi connectivity index (χ3n) is 5.09. The third-order valence-corrected chi connectivity index (χ3v) is 5.09. The number of rotatable bonds is 7. The fourth-order valence-corrected chi connectivity index (χ4v) is 3.64. The summed E-state index contributed by atoms with van der Waals surface area (Å²) in [6.07, 6.45) is 0.464. The molecule has 1 N–H and O–H groups in total. The van der Waals surface area contributed by atoms with Crippen molar-refractivity contribution in [2.75, 3.05) is 54.5 Å². The van der Waals surface area contributed by atoms with E-state index >= 15 is 0 Å². The molecule has 1 amide bonds. The van der Waals surface area contributed by atoms with Gasteiger partial charge in [0.25, 0.3) is 0 Å². The monoisotopic (exact) mass is 381 g/mol. The highest BCUT2D eigenvalue weighted by Gasteiger charge is 2.12. The summed E-state index contributed by atoms with van der Waals surface area (Å²) in [6.45, 7) is 11.3. The fourth-order valence-electron chi connectivity index (χ4n) is 3.64. The lowest BCUT2D eigenvalue weighted by molar-refractivity contribution is -0.116. The topological polar surface area (TPSA) is 44.8 Å². The van der Waals surface area contributed by atoms with E-state index in [9.17, 15) is 4.79 Å². The van der Waals surface area contributed by atoms with Crippen molar-refractivity contribution in [1.29, 1.82) is 0 Å². The number of hydrogen-bond acceptors (Lipinski definition) is 4. The van der Waals surface area contributed by atoms with Crippen LogP contribution in [0, 0.1) is 13.8 Å². The Kier molecular flexibility index (Phi) is 6.93. The molecule has 0 saturated carbocycles. The number of carbonyl (C=O) groups excluding carboxylic acids is 1. The summed E-state index contributed by atoms with van der Waals surface area (Å²) >= 11 is 0. The molecular formula is C23H31N3O2. The van der Waals surface area contributed by atoms with Gasteiger partial charge in [-0.05, 0) is 68.3 Å². The zero-order chi connectivity index (χ0) is 19.9. The van der Waals surface area contributed by atoms with E-state index in [0.29, 0.717) is 13.0 Å². The van der Waals surface area contributed by atoms with Crippen LogP contribution in [0.4, 0.5) is 17.1 Å². The molecule has 0 bridgehead atoms. The lowest BCUT2D eigenvalue weighted by Crippen LogP contribution is -2.36. The first kappa shape index (κ1) is 20.2. The van der Waals surface area contributed by atoms with Gasteiger partial charge in [-0.2, -0.15) is 0 Å². The molecule has 2 aromatic carbocycles. The molecule has 5 heteroatoms. The molecule has 3 rings (SSSR count). The number of anilines is 3. The second-order valence-electron chi connectivity index (χ2n) is 7.37. The fraction of sp³-hybridized carbons (Fsp3) is 0.435. The third kappa shape index (κ3) is 5.49. The number of amides is 1. The van der Waals surface area contributed by atoms with Crippen molar-refractivity contribution < 1.29 is 9.53 Å². The van der Waals surface area contributed by atoms with E-state index in [-0.39, 0.29) is 5.91 Å². The molecule has 28 heavy (non-hydrogen) atoms. The Bertz CT molecular complexity index is 763. The van der Waals surface area contributed by atoms with Crippen LogP contribution < -0.4 is 15.1 Å². The number of morpholine rings is 1. The van der Waals surface area contributed by atoms with Gasteiger partial charge >= 0.3 is 0 Å². The Morgan fingerprint density at radius 2 is 1.71 bits per heavy atom. The highest BCUT2D eigenvalue weighted by molar-refractivity contribution is 5.91. The quantitative estimate of drug-likeness (QED) is 0.788. The van der Waals surface area contributed by atoms with Crippen molar-refractivity contribution in [1.82, 2.24) is 0 Å². The summed E-state index contributed by atoms with van der Waals surface area (Å²) < 4.78 is 5.40. The lowest BCUT2D eigenvalue weighted by Gasteiger charge is -2.29. The molecule has 5 nitrogen and oxygen atoms in total. The lowest BCUT2D eigenvalue weighted by atomic mass is 10.1. The summed E-state index contributed by atoms with van der Waals surface area (Å²) in [7, 11) is 0. The Morgan fingerprint density at radius 1 is 1.07 bits per heavy atom. The van der Waals surface area contributed by atoms with Crippen LogP contribution in [0.3, 0.4) is 0 Å². The van der Waals surface area contributed by atoms with E-state index in [2.05, 4.69) is 66.2 Å². The number of carbonyl (C=O) groups is 1. The van der Waals surface area contributed by atoms with Gasteiger partial charge in [0, 0.05) is 49.7 Å². The maximum absolute atomic E-state index is 12.4. The predicted octanol–water partition coefficient (Wildman–Crippen LogP) is 4.00. The Morgan fingerprint density at radius 3 is 2.32 bits per heavy atom. The van der Waals surface area contributed by atoms with E-state index in [1.807, 2.05) is 12.1 Å². The van der Waals surface area contributed by atoms with Gasteiger partial charge in [-0.1, -0.05) is 6.07 Å². The average molecular weight is 382 g/mol. The first-order valence-electron chi connectivity index (χ1n) is 10.1. The molecule has 1 heterocycles. The molecule has 1 aliphatic rings. The first-order valence-corrected chi connectivity index (χ1v) is 10.1. The van der Waals surface area contributed by atoms with Gasteiger partial charge in [0.1, 0.15) is 0 Å². The highest BCUT2D eigenvalue weighted by Crippen LogP contribution is 2.20. The number of nitrogens with one attached hydrogen (secondary N) is 1. The van der Waals surface area contributed by atoms with Crippen LogP contribution in [0.15, 0.2) is 42.5 Å². The van der Waals surface area contributed by atoms with Gasteiger partial charge in [0.15, 0.2) is 0 Å². The molecule has 0 atom stereocenters. The van der Waals surface area contributed by atoms with Crippen LogP contribution >= 0.6 is 0 Å². The zero-order valence-electron chi connectivity index (χ0n) is 17.2. The van der Waals surface area contributed by atoms with Crippen LogP contribution in [0.5, 0.6) is 0 Å². The molecule has 0 unspecified atom stereocenters. The second kappa shape index (κ2) is 9.60. The first-order chi connectivity index (χ1) is 13.5. The van der Waals surface area contributed by atoms with Crippen molar-refractivity contribution in [2.45, 2.75) is 27.2 Å². The maximum atomic E-state index is 12.4. The SMILES string of the molecule is CCN(CCC(=O)Nc1ccc(N2CCOCC2)cc1)c1cc(C)cc(C)c1. The van der Waals surface area contributed by atoms with E-state index in [0.717, 1.165) is 38.5 Å². The van der Waals surface area contributed by atoms with Crippen molar-refractivity contribution in [3.63, 3.8) is 0 Å². The summed E-state index contributed by atoms with van der Waals surface area (Å²) in [6, 6.07) is 14.6. The molecule has 0 spiro atoms. The average Bonchev–Trinajstić information content (AvgIpc) is 2.69. The van der Waals surface area contributed by atoms with Gasteiger partial charge in [0.05, 0.1) is 13.2 Å². The minimum absolute atomic E-state index is 0.0435. The van der Waals surface area contributed by atoms with E-state index in [1.165, 1.54) is 22.5 Å². The maximum Gasteiger partial charge on any atom is 0.226 e. The van der Waals surface area contributed by atoms with Crippen molar-refractivity contribution in [3.8, 4) is 0 Å². The second-order valence-corrected chi connectivity index (χ2v) is 7.37. The smallest absolute Gasteiger partial charge is 0.226 e. The van der Waals surface area contributed by atoms with Crippen molar-refractivity contribution in [2.24, 2.45) is 0 Å². The largest absolute Gasteiger partial charge is 0.378 e. The zero-order valence-corrected chi connectivity index (χ0v) is 17.2. The van der Waals surface area contributed by atoms with Gasteiger partial charge in [-0.25, -0.2) is 0 Å². The van der Waals surface area contributed by atoms with Crippen LogP contribution in [-0.4, -0.2) is 45.3 Å². The summed E-state index contributed by atoms with van der Waals surface area (Å²) in [5, 5.41) is 3.02. The van der Waals surface area contributed by atoms with Crippen molar-refractivity contribution in [3.05, 3.63) is 53.6 Å². The van der Waals surface area contributed by atoms with Crippen LogP contribution in [0.1, 0.15) is 24.5 Å². The molecule has 1 aliphatic heterocycles. The van der Waals surface area contributed by atoms with Gasteiger partial charge < -0.3 is 19.9 Å². The Hall–Kier alpha value is -2.53. The molecule has 150 valence electrons. The predicted molar refractivity (Wildman–Crippen MR) is 117 cm³/mol. The highest BCUT2D eigenvalue weighted by atomic mass is 16.5. The molecule has 2 aromatic rings. The van der Waals surface area contributed by atoms with E-state index in [4.69, 9.17) is 4.74 Å². The Labute approximate surface area is 168 Å². The molecule has 0 radical (unpaired) electrons. The number of benzene rings is 2. The number of hydrogen-bond donors (Lipinski definition) is 1. The van der Waals surface area contributed by atoms with Gasteiger partial charge in [0.2, 0.25) is 5.91 Å². The number of nitrogens with zero attached hydrogens (tertiary/aromatic N) is 2. The van der Waals surface area contributed by atoms with Crippen LogP contribution in [0.2, 0.25) is 0 Å². The minimum Gasteiger partial charge on any atom is -0.378 e. The molecular weight excluding hydrogens is 350 g/mol. The molecule has 0 aliphatic carbocycles. The molecule has 1 fully saturated rings. The normalized spacial score (nSPS) is 14.0. The summed E-state index contributed by atoms with van der Waals surface area (Å²) in [5.41, 5.74) is 5.70. The van der Waals surface area contributed by atoms with Crippen LogP contribution in [0.25, 0.3) is 0 Å². The number of ether oxygens (including phenoxy) is 1. The standard InChI is InChI=1S/C23H31N3O2/c1-4-25(22-16-18(2)15-19(3)17-22)10-9-23(27)24-20-5-7-21(8-6-20)26-11-13-28-14-12-26/h5-8,15-17H,4,9-14H2,1-3H3,(H,24,27). The molecule has 1 saturated heterocycles. The number of aryl methyl sites for hydroxylation is 2.